The highest BCUT2D eigenvalue weighted by atomic mass is 16.5. The van der Waals surface area contributed by atoms with Gasteiger partial charge in [-0.05, 0) is 38.1 Å². The van der Waals surface area contributed by atoms with E-state index in [2.05, 4.69) is 25.8 Å². The van der Waals surface area contributed by atoms with E-state index in [0.29, 0.717) is 12.6 Å². The molecule has 0 heterocycles. The molecule has 96 valence electrons. The number of benzene rings is 1. The fourth-order valence-corrected chi connectivity index (χ4v) is 1.56. The minimum absolute atomic E-state index is 0.580. The van der Waals surface area contributed by atoms with Crippen molar-refractivity contribution in [3.05, 3.63) is 29.8 Å². The van der Waals surface area contributed by atoms with Crippen LogP contribution in [0.1, 0.15) is 25.8 Å². The molecule has 1 aromatic rings. The second kappa shape index (κ2) is 7.30. The monoisotopic (exact) mass is 236 g/mol. The van der Waals surface area contributed by atoms with E-state index in [1.165, 1.54) is 6.42 Å². The molecule has 0 aliphatic rings. The molecule has 0 radical (unpaired) electrons. The zero-order chi connectivity index (χ0) is 12.7. The molecule has 0 fully saturated rings. The van der Waals surface area contributed by atoms with E-state index in [4.69, 9.17) is 10.5 Å². The van der Waals surface area contributed by atoms with E-state index in [1.807, 2.05) is 24.3 Å². The summed E-state index contributed by atoms with van der Waals surface area (Å²) in [5.74, 6) is 0.916. The Kier molecular flexibility index (Phi) is 6.01. The summed E-state index contributed by atoms with van der Waals surface area (Å²) in [6.07, 6.45) is 1.17. The Bertz CT molecular complexity index is 311. The molecule has 0 spiro atoms. The molecule has 0 saturated carbocycles. The standard InChI is InChI=1S/C14H24N2O/c1-4-12(2)16(3)9-10-17-14-7-5-13(11-15)6-8-14/h5-8,12H,4,9-11,15H2,1-3H3. The minimum atomic E-state index is 0.580. The van der Waals surface area contributed by atoms with Crippen LogP contribution in [0, 0.1) is 0 Å². The Hall–Kier alpha value is -1.06. The molecule has 1 atom stereocenters. The number of likely N-dealkylation sites (N-methyl/N-ethyl adjacent to an activating group) is 1. The summed E-state index contributed by atoms with van der Waals surface area (Å²) in [4.78, 5) is 2.31. The Labute approximate surface area is 105 Å². The number of hydrogen-bond donors (Lipinski definition) is 1. The molecular weight excluding hydrogens is 212 g/mol. The van der Waals surface area contributed by atoms with Crippen molar-refractivity contribution in [2.24, 2.45) is 5.73 Å². The van der Waals surface area contributed by atoms with Gasteiger partial charge in [0, 0.05) is 19.1 Å². The summed E-state index contributed by atoms with van der Waals surface area (Å²) in [7, 11) is 2.13. The lowest BCUT2D eigenvalue weighted by molar-refractivity contribution is 0.196. The van der Waals surface area contributed by atoms with Gasteiger partial charge in [0.1, 0.15) is 12.4 Å². The van der Waals surface area contributed by atoms with Crippen LogP contribution in [0.4, 0.5) is 0 Å². The second-order valence-electron chi connectivity index (χ2n) is 4.43. The zero-order valence-corrected chi connectivity index (χ0v) is 11.1. The molecule has 0 bridgehead atoms. The van der Waals surface area contributed by atoms with Gasteiger partial charge in [-0.15, -0.1) is 0 Å². The summed E-state index contributed by atoms with van der Waals surface area (Å²) < 4.78 is 5.69. The lowest BCUT2D eigenvalue weighted by Crippen LogP contribution is -2.32. The molecule has 1 unspecified atom stereocenters. The molecular formula is C14H24N2O. The molecule has 1 rings (SSSR count). The van der Waals surface area contributed by atoms with Crippen LogP contribution < -0.4 is 10.5 Å². The van der Waals surface area contributed by atoms with E-state index in [9.17, 15) is 0 Å². The third kappa shape index (κ3) is 4.75. The van der Waals surface area contributed by atoms with Crippen LogP contribution in [-0.2, 0) is 6.54 Å². The van der Waals surface area contributed by atoms with Crippen molar-refractivity contribution in [3.63, 3.8) is 0 Å². The highest BCUT2D eigenvalue weighted by molar-refractivity contribution is 5.27. The fourth-order valence-electron chi connectivity index (χ4n) is 1.56. The van der Waals surface area contributed by atoms with E-state index >= 15 is 0 Å². The molecule has 0 aliphatic heterocycles. The Balaban J connectivity index is 2.30. The SMILES string of the molecule is CCC(C)N(C)CCOc1ccc(CN)cc1. The van der Waals surface area contributed by atoms with Gasteiger partial charge in [-0.1, -0.05) is 19.1 Å². The average molecular weight is 236 g/mol. The minimum Gasteiger partial charge on any atom is -0.492 e. The van der Waals surface area contributed by atoms with Gasteiger partial charge in [0.2, 0.25) is 0 Å². The van der Waals surface area contributed by atoms with Gasteiger partial charge >= 0.3 is 0 Å². The third-order valence-corrected chi connectivity index (χ3v) is 3.22. The molecule has 17 heavy (non-hydrogen) atoms. The predicted molar refractivity (Wildman–Crippen MR) is 72.2 cm³/mol. The lowest BCUT2D eigenvalue weighted by Gasteiger charge is -2.23. The van der Waals surface area contributed by atoms with Gasteiger partial charge in [-0.25, -0.2) is 0 Å². The van der Waals surface area contributed by atoms with Gasteiger partial charge in [0.05, 0.1) is 0 Å². The second-order valence-corrected chi connectivity index (χ2v) is 4.43. The quantitative estimate of drug-likeness (QED) is 0.789. The first kappa shape index (κ1) is 14.0. The van der Waals surface area contributed by atoms with Crippen molar-refractivity contribution in [1.29, 1.82) is 0 Å². The summed E-state index contributed by atoms with van der Waals surface area (Å²) in [5.41, 5.74) is 6.67. The summed E-state index contributed by atoms with van der Waals surface area (Å²) in [6, 6.07) is 8.58. The van der Waals surface area contributed by atoms with Gasteiger partial charge in [-0.3, -0.25) is 0 Å². The van der Waals surface area contributed by atoms with Crippen LogP contribution in [0.3, 0.4) is 0 Å². The summed E-state index contributed by atoms with van der Waals surface area (Å²) >= 11 is 0. The maximum Gasteiger partial charge on any atom is 0.119 e. The van der Waals surface area contributed by atoms with Crippen LogP contribution >= 0.6 is 0 Å². The van der Waals surface area contributed by atoms with Crippen molar-refractivity contribution >= 4 is 0 Å². The number of ether oxygens (including phenoxy) is 1. The molecule has 2 N–H and O–H groups in total. The first-order chi connectivity index (χ1) is 8.17. The maximum atomic E-state index is 5.69. The fraction of sp³-hybridized carbons (Fsp3) is 0.571. The van der Waals surface area contributed by atoms with Crippen molar-refractivity contribution in [2.75, 3.05) is 20.2 Å². The van der Waals surface area contributed by atoms with Crippen molar-refractivity contribution < 1.29 is 4.74 Å². The molecule has 1 aromatic carbocycles. The number of hydrogen-bond acceptors (Lipinski definition) is 3. The molecule has 0 aliphatic carbocycles. The van der Waals surface area contributed by atoms with E-state index < -0.39 is 0 Å². The largest absolute Gasteiger partial charge is 0.492 e. The van der Waals surface area contributed by atoms with E-state index in [0.717, 1.165) is 24.5 Å². The normalized spacial score (nSPS) is 12.8. The van der Waals surface area contributed by atoms with Crippen molar-refractivity contribution in [3.8, 4) is 5.75 Å². The molecule has 0 saturated heterocycles. The number of nitrogens with two attached hydrogens (primary N) is 1. The molecule has 3 nitrogen and oxygen atoms in total. The van der Waals surface area contributed by atoms with Gasteiger partial charge in [-0.2, -0.15) is 0 Å². The first-order valence-electron chi connectivity index (χ1n) is 6.29. The van der Waals surface area contributed by atoms with E-state index in [1.54, 1.807) is 0 Å². The van der Waals surface area contributed by atoms with Crippen LogP contribution in [0.5, 0.6) is 5.75 Å². The Morgan fingerprint density at radius 1 is 1.29 bits per heavy atom. The average Bonchev–Trinajstić information content (AvgIpc) is 2.38. The number of nitrogens with zero attached hydrogens (tertiary/aromatic N) is 1. The van der Waals surface area contributed by atoms with Gasteiger partial charge in [0.25, 0.3) is 0 Å². The molecule has 0 aromatic heterocycles. The summed E-state index contributed by atoms with van der Waals surface area (Å²) in [5, 5.41) is 0. The number of rotatable bonds is 7. The predicted octanol–water partition coefficient (Wildman–Crippen LogP) is 2.25. The third-order valence-electron chi connectivity index (χ3n) is 3.22. The lowest BCUT2D eigenvalue weighted by atomic mass is 10.2. The highest BCUT2D eigenvalue weighted by Crippen LogP contribution is 2.11. The van der Waals surface area contributed by atoms with Crippen LogP contribution in [0.15, 0.2) is 24.3 Å². The van der Waals surface area contributed by atoms with Crippen molar-refractivity contribution in [1.82, 2.24) is 4.90 Å². The van der Waals surface area contributed by atoms with Crippen LogP contribution in [0.2, 0.25) is 0 Å². The topological polar surface area (TPSA) is 38.5 Å². The van der Waals surface area contributed by atoms with Gasteiger partial charge < -0.3 is 15.4 Å². The van der Waals surface area contributed by atoms with Crippen LogP contribution in [-0.4, -0.2) is 31.1 Å². The van der Waals surface area contributed by atoms with Gasteiger partial charge in [0.15, 0.2) is 0 Å². The smallest absolute Gasteiger partial charge is 0.119 e. The first-order valence-corrected chi connectivity index (χ1v) is 6.29. The highest BCUT2D eigenvalue weighted by Gasteiger charge is 2.05. The molecule has 0 amide bonds. The zero-order valence-electron chi connectivity index (χ0n) is 11.1. The van der Waals surface area contributed by atoms with Crippen LogP contribution in [0.25, 0.3) is 0 Å². The Morgan fingerprint density at radius 2 is 1.94 bits per heavy atom. The summed E-state index contributed by atoms with van der Waals surface area (Å²) in [6.45, 7) is 6.69. The van der Waals surface area contributed by atoms with Crippen molar-refractivity contribution in [2.45, 2.75) is 32.9 Å². The van der Waals surface area contributed by atoms with E-state index in [-0.39, 0.29) is 0 Å². The maximum absolute atomic E-state index is 5.69. The molecule has 3 heteroatoms. The Morgan fingerprint density at radius 3 is 2.47 bits per heavy atom.